The van der Waals surface area contributed by atoms with E-state index in [9.17, 15) is 9.59 Å². The first-order valence-electron chi connectivity index (χ1n) is 6.34. The number of nitrogens with zero attached hydrogens (tertiary/aromatic N) is 2. The van der Waals surface area contributed by atoms with Gasteiger partial charge < -0.3 is 9.80 Å². The van der Waals surface area contributed by atoms with Gasteiger partial charge in [0.15, 0.2) is 0 Å². The lowest BCUT2D eigenvalue weighted by Crippen LogP contribution is -2.57. The van der Waals surface area contributed by atoms with Gasteiger partial charge in [-0.3, -0.25) is 9.59 Å². The van der Waals surface area contributed by atoms with E-state index in [4.69, 9.17) is 0 Å². The molecule has 2 saturated heterocycles. The van der Waals surface area contributed by atoms with Gasteiger partial charge in [-0.15, -0.1) is 0 Å². The Balaban J connectivity index is 1.91. The fourth-order valence-electron chi connectivity index (χ4n) is 2.75. The smallest absolute Gasteiger partial charge is 0.250 e. The Morgan fingerprint density at radius 1 is 1.17 bits per heavy atom. The third-order valence-electron chi connectivity index (χ3n) is 3.76. The summed E-state index contributed by atoms with van der Waals surface area (Å²) in [5.41, 5.74) is 1.97. The molecule has 0 radical (unpaired) electrons. The number of rotatable bonds is 1. The SMILES string of the molecule is Cc1ccc(N2CC(=O)N3CCCC3C2=O)cc1. The molecule has 2 heterocycles. The van der Waals surface area contributed by atoms with E-state index in [0.717, 1.165) is 30.6 Å². The number of aryl methyl sites for hydroxylation is 1. The predicted octanol–water partition coefficient (Wildman–Crippen LogP) is 1.33. The van der Waals surface area contributed by atoms with Gasteiger partial charge in [0.05, 0.1) is 0 Å². The van der Waals surface area contributed by atoms with Crippen LogP contribution >= 0.6 is 0 Å². The lowest BCUT2D eigenvalue weighted by Gasteiger charge is -2.36. The molecule has 4 nitrogen and oxygen atoms in total. The Morgan fingerprint density at radius 3 is 2.61 bits per heavy atom. The topological polar surface area (TPSA) is 40.6 Å². The average molecular weight is 244 g/mol. The summed E-state index contributed by atoms with van der Waals surface area (Å²) in [6.45, 7) is 2.92. The van der Waals surface area contributed by atoms with Crippen LogP contribution in [0.1, 0.15) is 18.4 Å². The maximum atomic E-state index is 12.4. The van der Waals surface area contributed by atoms with Crippen LogP contribution in [0.5, 0.6) is 0 Å². The Hall–Kier alpha value is -1.84. The quantitative estimate of drug-likeness (QED) is 0.748. The molecule has 0 aliphatic carbocycles. The Kier molecular flexibility index (Phi) is 2.58. The molecular weight excluding hydrogens is 228 g/mol. The van der Waals surface area contributed by atoms with Gasteiger partial charge in [-0.25, -0.2) is 0 Å². The van der Waals surface area contributed by atoms with Crippen LogP contribution in [0.4, 0.5) is 5.69 Å². The van der Waals surface area contributed by atoms with Gasteiger partial charge >= 0.3 is 0 Å². The first-order valence-corrected chi connectivity index (χ1v) is 6.34. The van der Waals surface area contributed by atoms with Crippen molar-refractivity contribution in [3.05, 3.63) is 29.8 Å². The Labute approximate surface area is 106 Å². The number of hydrogen-bond acceptors (Lipinski definition) is 2. The summed E-state index contributed by atoms with van der Waals surface area (Å²) < 4.78 is 0. The highest BCUT2D eigenvalue weighted by Gasteiger charge is 2.42. The lowest BCUT2D eigenvalue weighted by atomic mass is 10.1. The average Bonchev–Trinajstić information content (AvgIpc) is 2.85. The summed E-state index contributed by atoms with van der Waals surface area (Å²) in [5, 5.41) is 0. The van der Waals surface area contributed by atoms with Crippen molar-refractivity contribution in [3.8, 4) is 0 Å². The van der Waals surface area contributed by atoms with E-state index in [1.807, 2.05) is 31.2 Å². The minimum Gasteiger partial charge on any atom is -0.329 e. The molecule has 0 N–H and O–H groups in total. The molecule has 3 rings (SSSR count). The second-order valence-corrected chi connectivity index (χ2v) is 5.01. The zero-order valence-electron chi connectivity index (χ0n) is 10.4. The number of hydrogen-bond donors (Lipinski definition) is 0. The number of amides is 2. The third kappa shape index (κ3) is 1.68. The molecule has 94 valence electrons. The molecule has 2 amide bonds. The molecule has 2 aliphatic heterocycles. The number of carbonyl (C=O) groups excluding carboxylic acids is 2. The Morgan fingerprint density at radius 2 is 1.89 bits per heavy atom. The van der Waals surface area contributed by atoms with E-state index in [2.05, 4.69) is 0 Å². The van der Waals surface area contributed by atoms with Crippen molar-refractivity contribution in [2.24, 2.45) is 0 Å². The number of benzene rings is 1. The minimum absolute atomic E-state index is 0.0657. The molecule has 1 unspecified atom stereocenters. The van der Waals surface area contributed by atoms with Crippen LogP contribution in [-0.2, 0) is 9.59 Å². The molecule has 4 heteroatoms. The zero-order chi connectivity index (χ0) is 12.7. The van der Waals surface area contributed by atoms with Gasteiger partial charge in [-0.05, 0) is 31.9 Å². The molecular formula is C14H16N2O2. The second kappa shape index (κ2) is 4.12. The summed E-state index contributed by atoms with van der Waals surface area (Å²) in [5.74, 6) is 0.133. The molecule has 2 aliphatic rings. The van der Waals surface area contributed by atoms with E-state index in [0.29, 0.717) is 0 Å². The Bertz CT molecular complexity index is 495. The number of anilines is 1. The molecule has 1 aromatic carbocycles. The van der Waals surface area contributed by atoms with Crippen molar-refractivity contribution in [2.45, 2.75) is 25.8 Å². The van der Waals surface area contributed by atoms with Crippen LogP contribution in [0.25, 0.3) is 0 Å². The molecule has 2 fully saturated rings. The van der Waals surface area contributed by atoms with Gasteiger partial charge in [-0.2, -0.15) is 0 Å². The monoisotopic (exact) mass is 244 g/mol. The van der Waals surface area contributed by atoms with Crippen LogP contribution in [0.3, 0.4) is 0 Å². The highest BCUT2D eigenvalue weighted by atomic mass is 16.2. The van der Waals surface area contributed by atoms with Crippen molar-refractivity contribution < 1.29 is 9.59 Å². The van der Waals surface area contributed by atoms with Gasteiger partial charge in [0.2, 0.25) is 11.8 Å². The molecule has 0 saturated carbocycles. The molecule has 1 atom stereocenters. The van der Waals surface area contributed by atoms with Crippen LogP contribution in [0.15, 0.2) is 24.3 Å². The first-order chi connectivity index (χ1) is 8.66. The maximum Gasteiger partial charge on any atom is 0.250 e. The lowest BCUT2D eigenvalue weighted by molar-refractivity contribution is -0.140. The van der Waals surface area contributed by atoms with Crippen LogP contribution < -0.4 is 4.90 Å². The number of piperazine rings is 1. The highest BCUT2D eigenvalue weighted by Crippen LogP contribution is 2.27. The maximum absolute atomic E-state index is 12.4. The first kappa shape index (κ1) is 11.3. The van der Waals surface area contributed by atoms with Crippen LogP contribution in [0, 0.1) is 6.92 Å². The minimum atomic E-state index is -0.229. The van der Waals surface area contributed by atoms with Gasteiger partial charge in [-0.1, -0.05) is 17.7 Å². The normalized spacial score (nSPS) is 23.5. The third-order valence-corrected chi connectivity index (χ3v) is 3.76. The molecule has 0 bridgehead atoms. The summed E-state index contributed by atoms with van der Waals surface area (Å²) in [7, 11) is 0. The number of carbonyl (C=O) groups is 2. The molecule has 1 aromatic rings. The van der Waals surface area contributed by atoms with E-state index in [1.54, 1.807) is 9.80 Å². The molecule has 0 aromatic heterocycles. The van der Waals surface area contributed by atoms with Gasteiger partial charge in [0.25, 0.3) is 0 Å². The number of fused-ring (bicyclic) bond motifs is 1. The van der Waals surface area contributed by atoms with Gasteiger partial charge in [0, 0.05) is 12.2 Å². The molecule has 18 heavy (non-hydrogen) atoms. The second-order valence-electron chi connectivity index (χ2n) is 5.01. The van der Waals surface area contributed by atoms with Crippen LogP contribution in [0.2, 0.25) is 0 Å². The highest BCUT2D eigenvalue weighted by molar-refractivity contribution is 6.06. The van der Waals surface area contributed by atoms with Gasteiger partial charge in [0.1, 0.15) is 12.6 Å². The van der Waals surface area contributed by atoms with Crippen molar-refractivity contribution in [1.82, 2.24) is 4.90 Å². The van der Waals surface area contributed by atoms with Crippen molar-refractivity contribution in [2.75, 3.05) is 18.0 Å². The zero-order valence-corrected chi connectivity index (χ0v) is 10.4. The van der Waals surface area contributed by atoms with E-state index < -0.39 is 0 Å². The molecule has 0 spiro atoms. The fraction of sp³-hybridized carbons (Fsp3) is 0.429. The van der Waals surface area contributed by atoms with Crippen molar-refractivity contribution in [3.63, 3.8) is 0 Å². The van der Waals surface area contributed by atoms with Crippen molar-refractivity contribution in [1.29, 1.82) is 0 Å². The summed E-state index contributed by atoms with van der Waals surface area (Å²) >= 11 is 0. The summed E-state index contributed by atoms with van der Waals surface area (Å²) in [6.07, 6.45) is 1.73. The fourth-order valence-corrected chi connectivity index (χ4v) is 2.75. The summed E-state index contributed by atoms with van der Waals surface area (Å²) in [6, 6.07) is 7.52. The standard InChI is InChI=1S/C14H16N2O2/c1-10-4-6-11(7-5-10)16-9-13(17)15-8-2-3-12(15)14(16)18/h4-7,12H,2-3,8-9H2,1H3. The van der Waals surface area contributed by atoms with E-state index >= 15 is 0 Å². The predicted molar refractivity (Wildman–Crippen MR) is 68.3 cm³/mol. The van der Waals surface area contributed by atoms with Crippen LogP contribution in [-0.4, -0.2) is 35.8 Å². The van der Waals surface area contributed by atoms with Crippen molar-refractivity contribution >= 4 is 17.5 Å². The van der Waals surface area contributed by atoms with E-state index in [1.165, 1.54) is 0 Å². The van der Waals surface area contributed by atoms with E-state index in [-0.39, 0.29) is 24.4 Å². The summed E-state index contributed by atoms with van der Waals surface area (Å²) in [4.78, 5) is 27.7. The largest absolute Gasteiger partial charge is 0.329 e.